The van der Waals surface area contributed by atoms with Crippen LogP contribution in [0.3, 0.4) is 0 Å². The zero-order valence-electron chi connectivity index (χ0n) is 13.6. The van der Waals surface area contributed by atoms with Gasteiger partial charge in [-0.3, -0.25) is 0 Å². The molecule has 3 heteroatoms. The van der Waals surface area contributed by atoms with Crippen molar-refractivity contribution in [1.82, 2.24) is 0 Å². The third-order valence-corrected chi connectivity index (χ3v) is 5.37. The molecule has 3 nitrogen and oxygen atoms in total. The summed E-state index contributed by atoms with van der Waals surface area (Å²) < 4.78 is 11.9. The Hall–Kier alpha value is -0.120. The van der Waals surface area contributed by atoms with E-state index < -0.39 is 0 Å². The Kier molecular flexibility index (Phi) is 5.49. The van der Waals surface area contributed by atoms with Crippen LogP contribution in [0.5, 0.6) is 0 Å². The molecule has 0 radical (unpaired) electrons. The highest BCUT2D eigenvalue weighted by atomic mass is 16.5. The van der Waals surface area contributed by atoms with Gasteiger partial charge in [-0.1, -0.05) is 20.8 Å². The summed E-state index contributed by atoms with van der Waals surface area (Å²) in [5.74, 6) is 0.809. The summed E-state index contributed by atoms with van der Waals surface area (Å²) in [7, 11) is 0. The molecule has 1 aliphatic heterocycles. The van der Waals surface area contributed by atoms with Crippen LogP contribution >= 0.6 is 0 Å². The number of hydrogen-bond donors (Lipinski definition) is 1. The lowest BCUT2D eigenvalue weighted by atomic mass is 9.68. The highest BCUT2D eigenvalue weighted by Crippen LogP contribution is 2.42. The fourth-order valence-corrected chi connectivity index (χ4v) is 3.70. The molecule has 0 aromatic rings. The van der Waals surface area contributed by atoms with Gasteiger partial charge in [-0.25, -0.2) is 0 Å². The van der Waals surface area contributed by atoms with E-state index in [1.54, 1.807) is 0 Å². The van der Waals surface area contributed by atoms with Crippen molar-refractivity contribution in [3.05, 3.63) is 0 Å². The predicted octanol–water partition coefficient (Wildman–Crippen LogP) is 3.51. The van der Waals surface area contributed by atoms with Crippen LogP contribution in [-0.2, 0) is 9.47 Å². The van der Waals surface area contributed by atoms with Crippen LogP contribution in [0.2, 0.25) is 0 Å². The summed E-state index contributed by atoms with van der Waals surface area (Å²) in [4.78, 5) is 0. The molecule has 20 heavy (non-hydrogen) atoms. The summed E-state index contributed by atoms with van der Waals surface area (Å²) >= 11 is 0. The zero-order chi connectivity index (χ0) is 14.6. The van der Waals surface area contributed by atoms with Gasteiger partial charge < -0.3 is 15.2 Å². The first-order valence-electron chi connectivity index (χ1n) is 8.41. The van der Waals surface area contributed by atoms with Crippen LogP contribution < -0.4 is 5.73 Å². The van der Waals surface area contributed by atoms with E-state index in [2.05, 4.69) is 20.8 Å². The van der Waals surface area contributed by atoms with Gasteiger partial charge in [0.15, 0.2) is 0 Å². The Bertz CT molecular complexity index is 284. The molecule has 0 amide bonds. The first kappa shape index (κ1) is 16.3. The van der Waals surface area contributed by atoms with Gasteiger partial charge >= 0.3 is 0 Å². The highest BCUT2D eigenvalue weighted by Gasteiger charge is 2.38. The second-order valence-corrected chi connectivity index (χ2v) is 7.80. The smallest absolute Gasteiger partial charge is 0.0804 e. The molecule has 0 spiro atoms. The second kappa shape index (κ2) is 6.76. The van der Waals surface area contributed by atoms with Crippen LogP contribution in [0.15, 0.2) is 0 Å². The normalized spacial score (nSPS) is 35.4. The van der Waals surface area contributed by atoms with Crippen molar-refractivity contribution in [3.8, 4) is 0 Å². The van der Waals surface area contributed by atoms with Gasteiger partial charge in [0, 0.05) is 19.8 Å². The summed E-state index contributed by atoms with van der Waals surface area (Å²) in [6.45, 7) is 9.46. The molecular weight excluding hydrogens is 250 g/mol. The van der Waals surface area contributed by atoms with E-state index in [4.69, 9.17) is 15.2 Å². The van der Waals surface area contributed by atoms with Gasteiger partial charge in [0.2, 0.25) is 0 Å². The Morgan fingerprint density at radius 1 is 1.20 bits per heavy atom. The van der Waals surface area contributed by atoms with Gasteiger partial charge in [-0.15, -0.1) is 0 Å². The maximum atomic E-state index is 6.24. The lowest BCUT2D eigenvalue weighted by Gasteiger charge is -2.43. The van der Waals surface area contributed by atoms with Crippen LogP contribution in [0.1, 0.15) is 65.7 Å². The molecule has 0 aromatic heterocycles. The topological polar surface area (TPSA) is 44.5 Å². The molecule has 2 rings (SSSR count). The second-order valence-electron chi connectivity index (χ2n) is 7.80. The SMILES string of the molecule is CC(C)(C)C1CCC(CN)(OCCC2CCCO2)CC1. The Morgan fingerprint density at radius 3 is 2.40 bits per heavy atom. The standard InChI is InChI=1S/C17H33NO2/c1-16(2,3)14-6-9-17(13-18,10-7-14)20-12-8-15-5-4-11-19-15/h14-15H,4-13,18H2,1-3H3. The van der Waals surface area contributed by atoms with Crippen molar-refractivity contribution in [2.45, 2.75) is 77.4 Å². The predicted molar refractivity (Wildman–Crippen MR) is 82.7 cm³/mol. The third-order valence-electron chi connectivity index (χ3n) is 5.37. The average molecular weight is 283 g/mol. The molecular formula is C17H33NO2. The molecule has 1 heterocycles. The highest BCUT2D eigenvalue weighted by molar-refractivity contribution is 4.91. The van der Waals surface area contributed by atoms with Gasteiger partial charge in [0.1, 0.15) is 0 Å². The molecule has 2 N–H and O–H groups in total. The first-order chi connectivity index (χ1) is 9.45. The summed E-state index contributed by atoms with van der Waals surface area (Å²) in [5, 5.41) is 0. The Morgan fingerprint density at radius 2 is 1.90 bits per heavy atom. The van der Waals surface area contributed by atoms with Crippen molar-refractivity contribution < 1.29 is 9.47 Å². The largest absolute Gasteiger partial charge is 0.378 e. The number of nitrogens with two attached hydrogens (primary N) is 1. The molecule has 118 valence electrons. The van der Waals surface area contributed by atoms with Crippen LogP contribution in [-0.4, -0.2) is 31.5 Å². The minimum Gasteiger partial charge on any atom is -0.378 e. The van der Waals surface area contributed by atoms with Crippen molar-refractivity contribution in [3.63, 3.8) is 0 Å². The molecule has 1 aliphatic carbocycles. The monoisotopic (exact) mass is 283 g/mol. The molecule has 1 atom stereocenters. The minimum absolute atomic E-state index is 0.0552. The van der Waals surface area contributed by atoms with Crippen LogP contribution in [0.25, 0.3) is 0 Å². The number of hydrogen-bond acceptors (Lipinski definition) is 3. The molecule has 2 fully saturated rings. The minimum atomic E-state index is -0.0552. The Balaban J connectivity index is 1.76. The third kappa shape index (κ3) is 4.19. The van der Waals surface area contributed by atoms with Crippen molar-refractivity contribution >= 4 is 0 Å². The lowest BCUT2D eigenvalue weighted by molar-refractivity contribution is -0.0876. The van der Waals surface area contributed by atoms with E-state index in [-0.39, 0.29) is 5.60 Å². The van der Waals surface area contributed by atoms with Gasteiger partial charge in [0.25, 0.3) is 0 Å². The summed E-state index contributed by atoms with van der Waals surface area (Å²) in [6, 6.07) is 0. The quantitative estimate of drug-likeness (QED) is 0.840. The van der Waals surface area contributed by atoms with E-state index in [0.29, 0.717) is 18.1 Å². The van der Waals surface area contributed by atoms with Crippen LogP contribution in [0, 0.1) is 11.3 Å². The van der Waals surface area contributed by atoms with Crippen molar-refractivity contribution in [1.29, 1.82) is 0 Å². The molecule has 1 unspecified atom stereocenters. The van der Waals surface area contributed by atoms with E-state index in [0.717, 1.165) is 38.4 Å². The van der Waals surface area contributed by atoms with E-state index in [9.17, 15) is 0 Å². The van der Waals surface area contributed by atoms with E-state index in [1.807, 2.05) is 0 Å². The first-order valence-corrected chi connectivity index (χ1v) is 8.41. The number of rotatable bonds is 5. The van der Waals surface area contributed by atoms with Gasteiger partial charge in [-0.05, 0) is 56.3 Å². The van der Waals surface area contributed by atoms with Crippen molar-refractivity contribution in [2.24, 2.45) is 17.1 Å². The lowest BCUT2D eigenvalue weighted by Crippen LogP contribution is -2.46. The molecule has 1 saturated heterocycles. The molecule has 1 saturated carbocycles. The summed E-state index contributed by atoms with van der Waals surface area (Å²) in [6.07, 6.45) is 8.61. The molecule has 0 bridgehead atoms. The Labute approximate surface area is 124 Å². The fourth-order valence-electron chi connectivity index (χ4n) is 3.70. The maximum Gasteiger partial charge on any atom is 0.0804 e. The van der Waals surface area contributed by atoms with Crippen LogP contribution in [0.4, 0.5) is 0 Å². The van der Waals surface area contributed by atoms with Gasteiger partial charge in [0.05, 0.1) is 11.7 Å². The van der Waals surface area contributed by atoms with Crippen molar-refractivity contribution in [2.75, 3.05) is 19.8 Å². The zero-order valence-corrected chi connectivity index (χ0v) is 13.6. The molecule has 0 aromatic carbocycles. The average Bonchev–Trinajstić information content (AvgIpc) is 2.91. The summed E-state index contributed by atoms with van der Waals surface area (Å²) in [5.41, 5.74) is 6.39. The fraction of sp³-hybridized carbons (Fsp3) is 1.00. The van der Waals surface area contributed by atoms with E-state index in [1.165, 1.54) is 25.7 Å². The van der Waals surface area contributed by atoms with Gasteiger partial charge in [-0.2, -0.15) is 0 Å². The van der Waals surface area contributed by atoms with E-state index >= 15 is 0 Å². The maximum absolute atomic E-state index is 6.24. The molecule has 2 aliphatic rings. The number of ether oxygens (including phenoxy) is 2.